The summed E-state index contributed by atoms with van der Waals surface area (Å²) in [5, 5.41) is 6.68. The van der Waals surface area contributed by atoms with Crippen molar-refractivity contribution in [2.75, 3.05) is 6.61 Å². The summed E-state index contributed by atoms with van der Waals surface area (Å²) in [6.07, 6.45) is 0. The summed E-state index contributed by atoms with van der Waals surface area (Å²) in [4.78, 5) is 48.2. The molecule has 3 aromatic rings. The number of nitrogens with zero attached hydrogens (tertiary/aromatic N) is 2. The Kier molecular flexibility index (Phi) is 5.07. The van der Waals surface area contributed by atoms with Gasteiger partial charge in [-0.05, 0) is 18.2 Å². The standard InChI is InChI=1S/C19H15N3O5/c1-22-18(25)14-10-6-5-9-13(14)16(21-22)19(26)27-11-15(23)20-17(24)12-7-3-2-4-8-12/h2-10H,11H2,1H3,(H,20,23,24). The molecule has 1 heterocycles. The van der Waals surface area contributed by atoms with E-state index in [-0.39, 0.29) is 11.3 Å². The molecule has 0 bridgehead atoms. The highest BCUT2D eigenvalue weighted by atomic mass is 16.5. The van der Waals surface area contributed by atoms with Crippen LogP contribution >= 0.6 is 0 Å². The predicted octanol–water partition coefficient (Wildman–Crippen LogP) is 1.05. The van der Waals surface area contributed by atoms with E-state index in [0.717, 1.165) is 4.68 Å². The molecule has 8 heteroatoms. The van der Waals surface area contributed by atoms with E-state index in [9.17, 15) is 19.2 Å². The minimum absolute atomic E-state index is 0.0881. The zero-order valence-electron chi connectivity index (χ0n) is 14.3. The second-order valence-electron chi connectivity index (χ2n) is 5.64. The third-order valence-corrected chi connectivity index (χ3v) is 3.77. The van der Waals surface area contributed by atoms with Gasteiger partial charge in [0.25, 0.3) is 17.4 Å². The number of nitrogens with one attached hydrogen (secondary N) is 1. The SMILES string of the molecule is Cn1nc(C(=O)OCC(=O)NC(=O)c2ccccc2)c2ccccc2c1=O. The fourth-order valence-electron chi connectivity index (χ4n) is 2.47. The molecule has 0 saturated carbocycles. The molecule has 0 atom stereocenters. The molecule has 0 saturated heterocycles. The maximum Gasteiger partial charge on any atom is 0.359 e. The summed E-state index contributed by atoms with van der Waals surface area (Å²) in [5.41, 5.74) is -0.133. The van der Waals surface area contributed by atoms with Crippen LogP contribution in [0.5, 0.6) is 0 Å². The molecule has 2 amide bonds. The van der Waals surface area contributed by atoms with Gasteiger partial charge in [-0.25, -0.2) is 9.48 Å². The second-order valence-corrected chi connectivity index (χ2v) is 5.64. The number of imide groups is 1. The molecule has 0 aliphatic rings. The van der Waals surface area contributed by atoms with Crippen molar-refractivity contribution in [3.8, 4) is 0 Å². The lowest BCUT2D eigenvalue weighted by Crippen LogP contribution is -2.34. The molecule has 0 aliphatic carbocycles. The molecule has 1 N–H and O–H groups in total. The van der Waals surface area contributed by atoms with Crippen LogP contribution in [0.2, 0.25) is 0 Å². The van der Waals surface area contributed by atoms with Gasteiger partial charge in [0.05, 0.1) is 5.39 Å². The average Bonchev–Trinajstić information content (AvgIpc) is 2.69. The number of amides is 2. The van der Waals surface area contributed by atoms with Gasteiger partial charge in [0.1, 0.15) is 0 Å². The normalized spacial score (nSPS) is 10.4. The highest BCUT2D eigenvalue weighted by Crippen LogP contribution is 2.13. The highest BCUT2D eigenvalue weighted by molar-refractivity contribution is 6.06. The summed E-state index contributed by atoms with van der Waals surface area (Å²) >= 11 is 0. The maximum absolute atomic E-state index is 12.3. The number of hydrogen-bond donors (Lipinski definition) is 1. The summed E-state index contributed by atoms with van der Waals surface area (Å²) in [7, 11) is 1.41. The van der Waals surface area contributed by atoms with Gasteiger partial charge < -0.3 is 4.74 Å². The topological polar surface area (TPSA) is 107 Å². The lowest BCUT2D eigenvalue weighted by molar-refractivity contribution is -0.123. The van der Waals surface area contributed by atoms with E-state index in [1.807, 2.05) is 0 Å². The number of rotatable bonds is 4. The quantitative estimate of drug-likeness (QED) is 0.693. The molecule has 0 spiro atoms. The fraction of sp³-hybridized carbons (Fsp3) is 0.105. The van der Waals surface area contributed by atoms with E-state index in [4.69, 9.17) is 4.74 Å². The number of fused-ring (bicyclic) bond motifs is 1. The smallest absolute Gasteiger partial charge is 0.359 e. The van der Waals surface area contributed by atoms with Crippen molar-refractivity contribution < 1.29 is 19.1 Å². The van der Waals surface area contributed by atoms with Crippen LogP contribution in [-0.4, -0.2) is 34.2 Å². The summed E-state index contributed by atoms with van der Waals surface area (Å²) in [5.74, 6) is -2.24. The van der Waals surface area contributed by atoms with Crippen LogP contribution in [0.3, 0.4) is 0 Å². The molecular formula is C19H15N3O5. The number of aryl methyl sites for hydroxylation is 1. The monoisotopic (exact) mass is 365 g/mol. The Bertz CT molecular complexity index is 1090. The molecule has 0 fully saturated rings. The van der Waals surface area contributed by atoms with E-state index in [2.05, 4.69) is 10.4 Å². The molecule has 2 aromatic carbocycles. The highest BCUT2D eigenvalue weighted by Gasteiger charge is 2.19. The first-order valence-corrected chi connectivity index (χ1v) is 8.00. The van der Waals surface area contributed by atoms with E-state index in [1.54, 1.807) is 54.6 Å². The predicted molar refractivity (Wildman–Crippen MR) is 96.2 cm³/mol. The molecule has 8 nitrogen and oxygen atoms in total. The van der Waals surface area contributed by atoms with Crippen LogP contribution in [0, 0.1) is 0 Å². The van der Waals surface area contributed by atoms with Crippen LogP contribution in [0.1, 0.15) is 20.8 Å². The Balaban J connectivity index is 1.70. The van der Waals surface area contributed by atoms with Crippen molar-refractivity contribution in [1.82, 2.24) is 15.1 Å². The second kappa shape index (κ2) is 7.61. The van der Waals surface area contributed by atoms with Crippen LogP contribution in [0.25, 0.3) is 10.8 Å². The number of aromatic nitrogens is 2. The lowest BCUT2D eigenvalue weighted by atomic mass is 10.1. The van der Waals surface area contributed by atoms with E-state index in [0.29, 0.717) is 16.3 Å². The Morgan fingerprint density at radius 3 is 2.33 bits per heavy atom. The number of benzene rings is 2. The molecule has 0 radical (unpaired) electrons. The Morgan fingerprint density at radius 2 is 1.63 bits per heavy atom. The Labute approximate surface area is 153 Å². The molecule has 3 rings (SSSR count). The van der Waals surface area contributed by atoms with E-state index in [1.165, 1.54) is 7.05 Å². The van der Waals surface area contributed by atoms with E-state index >= 15 is 0 Å². The largest absolute Gasteiger partial charge is 0.451 e. The average molecular weight is 365 g/mol. The van der Waals surface area contributed by atoms with Crippen LogP contribution in [0.15, 0.2) is 59.4 Å². The lowest BCUT2D eigenvalue weighted by Gasteiger charge is -2.08. The molecular weight excluding hydrogens is 350 g/mol. The molecule has 136 valence electrons. The zero-order chi connectivity index (χ0) is 19.4. The van der Waals surface area contributed by atoms with Crippen molar-refractivity contribution in [1.29, 1.82) is 0 Å². The summed E-state index contributed by atoms with van der Waals surface area (Å²) in [6.45, 7) is -0.656. The van der Waals surface area contributed by atoms with E-state index < -0.39 is 24.4 Å². The number of hydrogen-bond acceptors (Lipinski definition) is 6. The first kappa shape index (κ1) is 18.0. The number of carbonyl (C=O) groups excluding carboxylic acids is 3. The van der Waals surface area contributed by atoms with Crippen molar-refractivity contribution in [3.63, 3.8) is 0 Å². The van der Waals surface area contributed by atoms with Gasteiger partial charge in [0.15, 0.2) is 12.3 Å². The molecule has 27 heavy (non-hydrogen) atoms. The third-order valence-electron chi connectivity index (χ3n) is 3.77. The van der Waals surface area contributed by atoms with Gasteiger partial charge in [-0.15, -0.1) is 0 Å². The van der Waals surface area contributed by atoms with Gasteiger partial charge in [0, 0.05) is 18.0 Å². The minimum atomic E-state index is -0.871. The summed E-state index contributed by atoms with van der Waals surface area (Å²) in [6, 6.07) is 14.6. The minimum Gasteiger partial charge on any atom is -0.451 e. The fourth-order valence-corrected chi connectivity index (χ4v) is 2.47. The molecule has 0 aliphatic heterocycles. The number of esters is 1. The van der Waals surface area contributed by atoms with Crippen LogP contribution < -0.4 is 10.9 Å². The third kappa shape index (κ3) is 3.90. The van der Waals surface area contributed by atoms with Gasteiger partial charge in [-0.3, -0.25) is 19.7 Å². The van der Waals surface area contributed by atoms with Crippen molar-refractivity contribution >= 4 is 28.6 Å². The Morgan fingerprint density at radius 1 is 1.00 bits per heavy atom. The van der Waals surface area contributed by atoms with Crippen molar-refractivity contribution in [3.05, 3.63) is 76.2 Å². The van der Waals surface area contributed by atoms with Crippen LogP contribution in [0.4, 0.5) is 0 Å². The number of carbonyl (C=O) groups is 3. The van der Waals surface area contributed by atoms with Crippen LogP contribution in [-0.2, 0) is 16.6 Å². The van der Waals surface area contributed by atoms with Crippen molar-refractivity contribution in [2.45, 2.75) is 0 Å². The van der Waals surface area contributed by atoms with Gasteiger partial charge in [-0.2, -0.15) is 5.10 Å². The molecule has 1 aromatic heterocycles. The van der Waals surface area contributed by atoms with Crippen molar-refractivity contribution in [2.24, 2.45) is 7.05 Å². The van der Waals surface area contributed by atoms with Gasteiger partial charge in [0.2, 0.25) is 0 Å². The first-order valence-electron chi connectivity index (χ1n) is 8.00. The molecule has 0 unspecified atom stereocenters. The number of ether oxygens (including phenoxy) is 1. The van der Waals surface area contributed by atoms with Gasteiger partial charge in [-0.1, -0.05) is 36.4 Å². The maximum atomic E-state index is 12.3. The van der Waals surface area contributed by atoms with Gasteiger partial charge >= 0.3 is 5.97 Å². The Hall–Kier alpha value is -3.81. The zero-order valence-corrected chi connectivity index (χ0v) is 14.3. The summed E-state index contributed by atoms with van der Waals surface area (Å²) < 4.78 is 5.97. The first-order chi connectivity index (χ1) is 13.0.